The van der Waals surface area contributed by atoms with Gasteiger partial charge in [0.05, 0.1) is 0 Å². The van der Waals surface area contributed by atoms with Gasteiger partial charge in [0, 0.05) is 18.8 Å². The molecule has 2 unspecified atom stereocenters. The zero-order valence-corrected chi connectivity index (χ0v) is 8.16. The number of carboxylic acids is 1. The van der Waals surface area contributed by atoms with Gasteiger partial charge >= 0.3 is 5.97 Å². The Kier molecular flexibility index (Phi) is 3.38. The maximum Gasteiger partial charge on any atom is 0.314 e. The lowest BCUT2D eigenvalue weighted by Gasteiger charge is -2.23. The lowest BCUT2D eigenvalue weighted by atomic mass is 9.78. The van der Waals surface area contributed by atoms with Crippen LogP contribution in [0.25, 0.3) is 0 Å². The van der Waals surface area contributed by atoms with E-state index in [4.69, 9.17) is 5.11 Å². The summed E-state index contributed by atoms with van der Waals surface area (Å²) in [5.41, 5.74) is 0. The molecule has 4 heteroatoms. The number of carbonyl (C=O) groups excluding carboxylic acids is 2. The van der Waals surface area contributed by atoms with Crippen LogP contribution in [0.3, 0.4) is 0 Å². The first kappa shape index (κ1) is 10.9. The van der Waals surface area contributed by atoms with Gasteiger partial charge in [0.25, 0.3) is 0 Å². The molecule has 1 rings (SSSR count). The largest absolute Gasteiger partial charge is 0.481 e. The van der Waals surface area contributed by atoms with Gasteiger partial charge in [-0.2, -0.15) is 0 Å². The van der Waals surface area contributed by atoms with Gasteiger partial charge in [0.2, 0.25) is 0 Å². The smallest absolute Gasteiger partial charge is 0.314 e. The van der Waals surface area contributed by atoms with Crippen molar-refractivity contribution < 1.29 is 19.5 Å². The number of rotatable bonds is 3. The molecule has 0 aromatic rings. The van der Waals surface area contributed by atoms with E-state index in [1.54, 1.807) is 6.92 Å². The first-order chi connectivity index (χ1) is 6.56. The van der Waals surface area contributed by atoms with Crippen molar-refractivity contribution in [2.45, 2.75) is 32.6 Å². The molecule has 0 aromatic carbocycles. The van der Waals surface area contributed by atoms with E-state index in [1.807, 2.05) is 0 Å². The van der Waals surface area contributed by atoms with Crippen molar-refractivity contribution >= 4 is 17.5 Å². The SMILES string of the molecule is CCC(=O)C1CCC(C(=O)O)C(=O)C1. The highest BCUT2D eigenvalue weighted by Gasteiger charge is 2.35. The molecule has 0 amide bonds. The molecule has 0 bridgehead atoms. The topological polar surface area (TPSA) is 71.4 Å². The molecule has 2 atom stereocenters. The van der Waals surface area contributed by atoms with Crippen molar-refractivity contribution in [3.63, 3.8) is 0 Å². The van der Waals surface area contributed by atoms with Gasteiger partial charge in [0.1, 0.15) is 17.5 Å². The number of hydrogen-bond acceptors (Lipinski definition) is 3. The molecule has 0 radical (unpaired) electrons. The number of aliphatic carboxylic acids is 1. The maximum atomic E-state index is 11.3. The van der Waals surface area contributed by atoms with Crippen LogP contribution in [0, 0.1) is 11.8 Å². The minimum atomic E-state index is -1.06. The van der Waals surface area contributed by atoms with Crippen LogP contribution in [-0.2, 0) is 14.4 Å². The van der Waals surface area contributed by atoms with Gasteiger partial charge < -0.3 is 5.11 Å². The van der Waals surface area contributed by atoms with Crippen LogP contribution in [0.5, 0.6) is 0 Å². The Morgan fingerprint density at radius 1 is 1.43 bits per heavy atom. The first-order valence-electron chi connectivity index (χ1n) is 4.84. The fourth-order valence-corrected chi connectivity index (χ4v) is 1.84. The number of ketones is 2. The van der Waals surface area contributed by atoms with Crippen LogP contribution in [0.4, 0.5) is 0 Å². The van der Waals surface area contributed by atoms with Crippen molar-refractivity contribution in [3.05, 3.63) is 0 Å². The van der Waals surface area contributed by atoms with E-state index in [9.17, 15) is 14.4 Å². The number of Topliss-reactive ketones (excluding diaryl/α,β-unsaturated/α-hetero) is 2. The third kappa shape index (κ3) is 2.19. The van der Waals surface area contributed by atoms with Gasteiger partial charge in [-0.25, -0.2) is 0 Å². The van der Waals surface area contributed by atoms with Gasteiger partial charge in [0.15, 0.2) is 0 Å². The summed E-state index contributed by atoms with van der Waals surface area (Å²) in [6.07, 6.45) is 1.39. The molecule has 0 aromatic heterocycles. The zero-order valence-electron chi connectivity index (χ0n) is 8.16. The minimum Gasteiger partial charge on any atom is -0.481 e. The lowest BCUT2D eigenvalue weighted by Crippen LogP contribution is -2.33. The predicted molar refractivity (Wildman–Crippen MR) is 48.8 cm³/mol. The van der Waals surface area contributed by atoms with Crippen LogP contribution in [0.2, 0.25) is 0 Å². The highest BCUT2D eigenvalue weighted by molar-refractivity contribution is 6.00. The molecule has 1 aliphatic rings. The van der Waals surface area contributed by atoms with E-state index in [1.165, 1.54) is 0 Å². The van der Waals surface area contributed by atoms with E-state index in [2.05, 4.69) is 0 Å². The van der Waals surface area contributed by atoms with Gasteiger partial charge in [-0.05, 0) is 12.8 Å². The van der Waals surface area contributed by atoms with E-state index in [0.717, 1.165) is 0 Å². The summed E-state index contributed by atoms with van der Waals surface area (Å²) in [6.45, 7) is 1.76. The molecule has 14 heavy (non-hydrogen) atoms. The standard InChI is InChI=1S/C10H14O4/c1-2-8(11)6-3-4-7(10(13)14)9(12)5-6/h6-7H,2-5H2,1H3,(H,13,14). The number of carboxylic acid groups (broad SMARTS) is 1. The fourth-order valence-electron chi connectivity index (χ4n) is 1.84. The Balaban J connectivity index is 2.59. The third-order valence-electron chi connectivity index (χ3n) is 2.74. The third-order valence-corrected chi connectivity index (χ3v) is 2.74. The average Bonchev–Trinajstić information content (AvgIpc) is 2.15. The quantitative estimate of drug-likeness (QED) is 0.687. The molecule has 78 valence electrons. The monoisotopic (exact) mass is 198 g/mol. The summed E-state index contributed by atoms with van der Waals surface area (Å²) in [5.74, 6) is -2.39. The van der Waals surface area contributed by atoms with Crippen LogP contribution in [-0.4, -0.2) is 22.6 Å². The first-order valence-corrected chi connectivity index (χ1v) is 4.84. The summed E-state index contributed by atoms with van der Waals surface area (Å²) in [4.78, 5) is 33.2. The van der Waals surface area contributed by atoms with Crippen molar-refractivity contribution in [2.24, 2.45) is 11.8 Å². The molecule has 1 aliphatic carbocycles. The highest BCUT2D eigenvalue weighted by atomic mass is 16.4. The lowest BCUT2D eigenvalue weighted by molar-refractivity contribution is -0.149. The Labute approximate surface area is 82.3 Å². The molecule has 0 saturated heterocycles. The van der Waals surface area contributed by atoms with E-state index >= 15 is 0 Å². The van der Waals surface area contributed by atoms with Crippen LogP contribution >= 0.6 is 0 Å². The Hall–Kier alpha value is -1.19. The molecule has 1 fully saturated rings. The Morgan fingerprint density at radius 3 is 2.50 bits per heavy atom. The molecular weight excluding hydrogens is 184 g/mol. The molecule has 0 aliphatic heterocycles. The molecule has 0 heterocycles. The fraction of sp³-hybridized carbons (Fsp3) is 0.700. The average molecular weight is 198 g/mol. The second kappa shape index (κ2) is 4.35. The van der Waals surface area contributed by atoms with Gasteiger partial charge in [-0.15, -0.1) is 0 Å². The van der Waals surface area contributed by atoms with Crippen molar-refractivity contribution in [2.75, 3.05) is 0 Å². The minimum absolute atomic E-state index is 0.0715. The highest BCUT2D eigenvalue weighted by Crippen LogP contribution is 2.27. The van der Waals surface area contributed by atoms with Crippen LogP contribution in [0.15, 0.2) is 0 Å². The summed E-state index contributed by atoms with van der Waals surface area (Å²) >= 11 is 0. The number of hydrogen-bond donors (Lipinski definition) is 1. The Morgan fingerprint density at radius 2 is 2.07 bits per heavy atom. The predicted octanol–water partition coefficient (Wildman–Crippen LogP) is 1.04. The Bertz CT molecular complexity index is 269. The second-order valence-electron chi connectivity index (χ2n) is 3.66. The van der Waals surface area contributed by atoms with E-state index in [0.29, 0.717) is 19.3 Å². The summed E-state index contributed by atoms with van der Waals surface area (Å²) in [6, 6.07) is 0. The molecule has 0 spiro atoms. The second-order valence-corrected chi connectivity index (χ2v) is 3.66. The summed E-state index contributed by atoms with van der Waals surface area (Å²) in [7, 11) is 0. The molecule has 1 N–H and O–H groups in total. The van der Waals surface area contributed by atoms with Crippen molar-refractivity contribution in [1.82, 2.24) is 0 Å². The number of carbonyl (C=O) groups is 3. The molecule has 4 nitrogen and oxygen atoms in total. The van der Waals surface area contributed by atoms with Crippen molar-refractivity contribution in [1.29, 1.82) is 0 Å². The summed E-state index contributed by atoms with van der Waals surface area (Å²) in [5, 5.41) is 8.68. The van der Waals surface area contributed by atoms with Crippen molar-refractivity contribution in [3.8, 4) is 0 Å². The van der Waals surface area contributed by atoms with Crippen LogP contribution in [0.1, 0.15) is 32.6 Å². The molecule has 1 saturated carbocycles. The van der Waals surface area contributed by atoms with E-state index in [-0.39, 0.29) is 23.9 Å². The van der Waals surface area contributed by atoms with E-state index < -0.39 is 11.9 Å². The van der Waals surface area contributed by atoms with Gasteiger partial charge in [-0.1, -0.05) is 6.92 Å². The normalized spacial score (nSPS) is 27.4. The summed E-state index contributed by atoms with van der Waals surface area (Å²) < 4.78 is 0. The van der Waals surface area contributed by atoms with Crippen LogP contribution < -0.4 is 0 Å². The maximum absolute atomic E-state index is 11.3. The van der Waals surface area contributed by atoms with Gasteiger partial charge in [-0.3, -0.25) is 14.4 Å². The zero-order chi connectivity index (χ0) is 10.7. The molecular formula is C10H14O4.